The molecule has 0 radical (unpaired) electrons. The molecule has 0 aromatic rings. The topological polar surface area (TPSA) is 43.4 Å². The first-order valence-corrected chi connectivity index (χ1v) is 4.64. The van der Waals surface area contributed by atoms with Crippen LogP contribution in [0.4, 0.5) is 0 Å². The van der Waals surface area contributed by atoms with Crippen LogP contribution in [-0.2, 0) is 14.3 Å². The standard InChI is InChI=1S/C11H16O3/c1-10(2)8(12)5-6-11(10,3)7-9(13)14-4/h5-6H,7H2,1-4H3. The molecule has 14 heavy (non-hydrogen) atoms. The molecule has 1 atom stereocenters. The van der Waals surface area contributed by atoms with Crippen molar-refractivity contribution in [2.24, 2.45) is 10.8 Å². The van der Waals surface area contributed by atoms with Gasteiger partial charge >= 0.3 is 5.97 Å². The van der Waals surface area contributed by atoms with Gasteiger partial charge in [0.1, 0.15) is 0 Å². The first-order chi connectivity index (χ1) is 6.33. The van der Waals surface area contributed by atoms with Gasteiger partial charge in [0.25, 0.3) is 0 Å². The zero-order valence-electron chi connectivity index (χ0n) is 9.09. The number of ether oxygens (including phenoxy) is 1. The zero-order valence-corrected chi connectivity index (χ0v) is 9.09. The third-order valence-corrected chi connectivity index (χ3v) is 3.39. The highest BCUT2D eigenvalue weighted by molar-refractivity contribution is 5.98. The summed E-state index contributed by atoms with van der Waals surface area (Å²) < 4.78 is 4.62. The number of hydrogen-bond donors (Lipinski definition) is 0. The van der Waals surface area contributed by atoms with Crippen LogP contribution in [0.3, 0.4) is 0 Å². The van der Waals surface area contributed by atoms with E-state index in [1.165, 1.54) is 7.11 Å². The molecule has 78 valence electrons. The van der Waals surface area contributed by atoms with Crippen molar-refractivity contribution >= 4 is 11.8 Å². The van der Waals surface area contributed by atoms with E-state index in [9.17, 15) is 9.59 Å². The highest BCUT2D eigenvalue weighted by Crippen LogP contribution is 2.48. The average Bonchev–Trinajstić information content (AvgIpc) is 2.30. The van der Waals surface area contributed by atoms with E-state index in [4.69, 9.17) is 0 Å². The summed E-state index contributed by atoms with van der Waals surface area (Å²) in [5.74, 6) is -0.205. The summed E-state index contributed by atoms with van der Waals surface area (Å²) in [4.78, 5) is 22.7. The smallest absolute Gasteiger partial charge is 0.306 e. The van der Waals surface area contributed by atoms with E-state index in [0.717, 1.165) is 0 Å². The predicted molar refractivity (Wildman–Crippen MR) is 52.7 cm³/mol. The molecule has 0 aromatic carbocycles. The van der Waals surface area contributed by atoms with E-state index in [2.05, 4.69) is 4.74 Å². The van der Waals surface area contributed by atoms with Gasteiger partial charge in [-0.15, -0.1) is 0 Å². The lowest BCUT2D eigenvalue weighted by Crippen LogP contribution is -2.37. The Balaban J connectivity index is 2.90. The molecule has 1 aliphatic rings. The first kappa shape index (κ1) is 11.0. The van der Waals surface area contributed by atoms with Crippen molar-refractivity contribution in [3.05, 3.63) is 12.2 Å². The van der Waals surface area contributed by atoms with Gasteiger partial charge in [0.15, 0.2) is 5.78 Å². The fraction of sp³-hybridized carbons (Fsp3) is 0.636. The lowest BCUT2D eigenvalue weighted by Gasteiger charge is -2.35. The fourth-order valence-electron chi connectivity index (χ4n) is 1.61. The highest BCUT2D eigenvalue weighted by Gasteiger charge is 2.48. The summed E-state index contributed by atoms with van der Waals surface area (Å²) >= 11 is 0. The number of rotatable bonds is 2. The molecule has 0 heterocycles. The lowest BCUT2D eigenvalue weighted by atomic mass is 9.67. The molecule has 0 bridgehead atoms. The molecular weight excluding hydrogens is 180 g/mol. The van der Waals surface area contributed by atoms with Gasteiger partial charge in [-0.1, -0.05) is 26.8 Å². The van der Waals surface area contributed by atoms with Crippen LogP contribution in [-0.4, -0.2) is 18.9 Å². The van der Waals surface area contributed by atoms with E-state index in [0.29, 0.717) is 0 Å². The Morgan fingerprint density at radius 2 is 2.00 bits per heavy atom. The van der Waals surface area contributed by atoms with Crippen molar-refractivity contribution in [2.75, 3.05) is 7.11 Å². The number of esters is 1. The molecule has 0 saturated heterocycles. The Bertz CT molecular complexity index is 302. The SMILES string of the molecule is COC(=O)CC1(C)C=CC(=O)C1(C)C. The largest absolute Gasteiger partial charge is 0.469 e. The number of carbonyl (C=O) groups is 2. The van der Waals surface area contributed by atoms with Crippen LogP contribution < -0.4 is 0 Å². The summed E-state index contributed by atoms with van der Waals surface area (Å²) in [5.41, 5.74) is -0.932. The molecule has 1 unspecified atom stereocenters. The van der Waals surface area contributed by atoms with E-state index >= 15 is 0 Å². The molecule has 1 rings (SSSR count). The fourth-order valence-corrected chi connectivity index (χ4v) is 1.61. The zero-order chi connectivity index (χ0) is 11.0. The van der Waals surface area contributed by atoms with E-state index < -0.39 is 10.8 Å². The van der Waals surface area contributed by atoms with Crippen molar-refractivity contribution < 1.29 is 14.3 Å². The Morgan fingerprint density at radius 3 is 2.36 bits per heavy atom. The Kier molecular flexibility index (Phi) is 2.52. The molecule has 3 nitrogen and oxygen atoms in total. The van der Waals surface area contributed by atoms with Crippen LogP contribution in [0.15, 0.2) is 12.2 Å². The molecule has 0 saturated carbocycles. The second kappa shape index (κ2) is 3.23. The van der Waals surface area contributed by atoms with Crippen molar-refractivity contribution in [3.8, 4) is 0 Å². The molecule has 0 N–H and O–H groups in total. The third-order valence-electron chi connectivity index (χ3n) is 3.39. The Labute approximate surface area is 84.1 Å². The van der Waals surface area contributed by atoms with Gasteiger partial charge in [-0.3, -0.25) is 9.59 Å². The van der Waals surface area contributed by atoms with Gasteiger partial charge in [0.2, 0.25) is 0 Å². The van der Waals surface area contributed by atoms with Crippen molar-refractivity contribution in [3.63, 3.8) is 0 Å². The van der Waals surface area contributed by atoms with Gasteiger partial charge < -0.3 is 4.74 Å². The summed E-state index contributed by atoms with van der Waals surface area (Å²) in [6, 6.07) is 0. The van der Waals surface area contributed by atoms with Crippen LogP contribution in [0.25, 0.3) is 0 Å². The minimum Gasteiger partial charge on any atom is -0.469 e. The van der Waals surface area contributed by atoms with E-state index in [-0.39, 0.29) is 18.2 Å². The molecule has 0 amide bonds. The normalized spacial score (nSPS) is 29.3. The summed E-state index contributed by atoms with van der Waals surface area (Å²) in [7, 11) is 1.36. The van der Waals surface area contributed by atoms with E-state index in [1.807, 2.05) is 26.8 Å². The van der Waals surface area contributed by atoms with Gasteiger partial charge in [0, 0.05) is 10.8 Å². The molecule has 0 spiro atoms. The molecule has 3 heteroatoms. The monoisotopic (exact) mass is 196 g/mol. The predicted octanol–water partition coefficient (Wildman–Crippen LogP) is 1.72. The number of carbonyl (C=O) groups excluding carboxylic acids is 2. The van der Waals surface area contributed by atoms with Crippen molar-refractivity contribution in [1.29, 1.82) is 0 Å². The van der Waals surface area contributed by atoms with Crippen molar-refractivity contribution in [2.45, 2.75) is 27.2 Å². The Morgan fingerprint density at radius 1 is 1.43 bits per heavy atom. The van der Waals surface area contributed by atoms with Crippen LogP contribution in [0.1, 0.15) is 27.2 Å². The molecule has 0 fully saturated rings. The van der Waals surface area contributed by atoms with E-state index in [1.54, 1.807) is 6.08 Å². The summed E-state index contributed by atoms with van der Waals surface area (Å²) in [6.45, 7) is 5.63. The summed E-state index contributed by atoms with van der Waals surface area (Å²) in [6.07, 6.45) is 3.62. The highest BCUT2D eigenvalue weighted by atomic mass is 16.5. The number of allylic oxidation sites excluding steroid dienone is 2. The third kappa shape index (κ3) is 1.47. The molecule has 1 aliphatic carbocycles. The summed E-state index contributed by atoms with van der Waals surface area (Å²) in [5, 5.41) is 0. The van der Waals surface area contributed by atoms with Crippen LogP contribution in [0, 0.1) is 10.8 Å². The maximum absolute atomic E-state index is 11.5. The second-order valence-corrected chi connectivity index (χ2v) is 4.49. The molecule has 0 aromatic heterocycles. The molecular formula is C11H16O3. The van der Waals surface area contributed by atoms with Crippen LogP contribution in [0.5, 0.6) is 0 Å². The lowest BCUT2D eigenvalue weighted by molar-refractivity contribution is -0.144. The van der Waals surface area contributed by atoms with Gasteiger partial charge in [-0.05, 0) is 6.08 Å². The van der Waals surface area contributed by atoms with Crippen molar-refractivity contribution in [1.82, 2.24) is 0 Å². The van der Waals surface area contributed by atoms with Gasteiger partial charge in [-0.25, -0.2) is 0 Å². The number of ketones is 1. The molecule has 0 aliphatic heterocycles. The first-order valence-electron chi connectivity index (χ1n) is 4.64. The van der Waals surface area contributed by atoms with Crippen LogP contribution in [0.2, 0.25) is 0 Å². The maximum atomic E-state index is 11.5. The van der Waals surface area contributed by atoms with Gasteiger partial charge in [0.05, 0.1) is 13.5 Å². The minimum atomic E-state index is -0.513. The maximum Gasteiger partial charge on any atom is 0.306 e. The van der Waals surface area contributed by atoms with Crippen LogP contribution >= 0.6 is 0 Å². The van der Waals surface area contributed by atoms with Gasteiger partial charge in [-0.2, -0.15) is 0 Å². The minimum absolute atomic E-state index is 0.0731. The number of methoxy groups -OCH3 is 1. The quantitative estimate of drug-likeness (QED) is 0.631. The average molecular weight is 196 g/mol. The second-order valence-electron chi connectivity index (χ2n) is 4.49. The Hall–Kier alpha value is -1.12. The number of hydrogen-bond acceptors (Lipinski definition) is 3.